The molecule has 0 atom stereocenters. The summed E-state index contributed by atoms with van der Waals surface area (Å²) in [5.74, 6) is 0.629. The fraction of sp³-hybridized carbons (Fsp3) is 0. The minimum Gasteiger partial charge on any atom is -0.308 e. The third kappa shape index (κ3) is 6.00. The average molecular weight is 945 g/mol. The van der Waals surface area contributed by atoms with Crippen LogP contribution >= 0.6 is 11.3 Å². The number of thiophene rings is 1. The maximum absolute atomic E-state index is 5.62. The van der Waals surface area contributed by atoms with E-state index in [0.29, 0.717) is 5.95 Å². The van der Waals surface area contributed by atoms with E-state index in [1.165, 1.54) is 85.5 Å². The molecule has 0 fully saturated rings. The molecule has 0 spiro atoms. The van der Waals surface area contributed by atoms with E-state index in [2.05, 4.69) is 252 Å². The van der Waals surface area contributed by atoms with E-state index >= 15 is 0 Å². The Kier molecular flexibility index (Phi) is 8.58. The van der Waals surface area contributed by atoms with E-state index in [4.69, 9.17) is 9.97 Å². The number of fused-ring (bicyclic) bond motifs is 15. The van der Waals surface area contributed by atoms with Gasteiger partial charge in [0.05, 0.1) is 43.8 Å². The third-order valence-electron chi connectivity index (χ3n) is 15.3. The second-order valence-corrected chi connectivity index (χ2v) is 20.3. The smallest absolute Gasteiger partial charge is 0.235 e. The highest BCUT2D eigenvalue weighted by molar-refractivity contribution is 7.26. The minimum atomic E-state index is 0.629. The number of hydrogen-bond acceptors (Lipinski definition) is 3. The minimum absolute atomic E-state index is 0.629. The van der Waals surface area contributed by atoms with Crippen molar-refractivity contribution in [1.82, 2.24) is 19.1 Å². The summed E-state index contributed by atoms with van der Waals surface area (Å²) < 4.78 is 7.35. The molecule has 0 aliphatic rings. The predicted octanol–water partition coefficient (Wildman–Crippen LogP) is 18.7. The molecule has 16 rings (SSSR count). The molecule has 0 saturated heterocycles. The van der Waals surface area contributed by atoms with Crippen molar-refractivity contribution in [1.29, 1.82) is 0 Å². The molecule has 5 heteroatoms. The van der Waals surface area contributed by atoms with Gasteiger partial charge in [-0.15, -0.1) is 11.3 Å². The van der Waals surface area contributed by atoms with Crippen LogP contribution in [0, 0.1) is 0 Å². The Bertz CT molecular complexity index is 4860. The van der Waals surface area contributed by atoms with Crippen LogP contribution in [0.5, 0.6) is 0 Å². The van der Waals surface area contributed by atoms with Crippen LogP contribution in [-0.2, 0) is 0 Å². The van der Waals surface area contributed by atoms with Gasteiger partial charge < -0.3 is 4.57 Å². The number of rotatable bonds is 5. The lowest BCUT2D eigenvalue weighted by atomic mass is 9.93. The molecule has 4 heterocycles. The monoisotopic (exact) mass is 944 g/mol. The van der Waals surface area contributed by atoms with E-state index in [1.54, 1.807) is 0 Å². The molecule has 73 heavy (non-hydrogen) atoms. The van der Waals surface area contributed by atoms with Gasteiger partial charge in [-0.05, 0) is 121 Å². The van der Waals surface area contributed by atoms with Crippen molar-refractivity contribution in [3.63, 3.8) is 0 Å². The number of hydrogen-bond donors (Lipinski definition) is 0. The number of benzene rings is 12. The summed E-state index contributed by atoms with van der Waals surface area (Å²) in [7, 11) is 0. The zero-order chi connectivity index (χ0) is 47.7. The Morgan fingerprint density at radius 3 is 1.32 bits per heavy atom. The second kappa shape index (κ2) is 15.5. The molecule has 0 radical (unpaired) electrons. The Morgan fingerprint density at radius 1 is 0.288 bits per heavy atom. The molecule has 338 valence electrons. The molecule has 16 aromatic rings. The second-order valence-electron chi connectivity index (χ2n) is 19.2. The van der Waals surface area contributed by atoms with E-state index < -0.39 is 0 Å². The summed E-state index contributed by atoms with van der Waals surface area (Å²) in [5, 5.41) is 16.9. The first kappa shape index (κ1) is 40.3. The highest BCUT2D eigenvalue weighted by Crippen LogP contribution is 2.44. The van der Waals surface area contributed by atoms with Gasteiger partial charge in [-0.25, -0.2) is 9.97 Å². The van der Waals surface area contributed by atoms with Gasteiger partial charge in [0, 0.05) is 48.1 Å². The fourth-order valence-corrected chi connectivity index (χ4v) is 13.2. The largest absolute Gasteiger partial charge is 0.308 e. The number of aromatic nitrogens is 4. The van der Waals surface area contributed by atoms with Crippen molar-refractivity contribution in [3.05, 3.63) is 243 Å². The molecule has 0 unspecified atom stereocenters. The van der Waals surface area contributed by atoms with Crippen LogP contribution in [-0.4, -0.2) is 19.1 Å². The molecule has 12 aromatic carbocycles. The molecule has 0 aliphatic heterocycles. The first-order valence-electron chi connectivity index (χ1n) is 24.9. The van der Waals surface area contributed by atoms with Gasteiger partial charge in [-0.3, -0.25) is 4.57 Å². The molecule has 0 amide bonds. The normalized spacial score (nSPS) is 12.1. The Hall–Kier alpha value is -9.42. The zero-order valence-electron chi connectivity index (χ0n) is 39.3. The van der Waals surface area contributed by atoms with E-state index in [-0.39, 0.29) is 0 Å². The van der Waals surface area contributed by atoms with Gasteiger partial charge in [0.2, 0.25) is 5.95 Å². The summed E-state index contributed by atoms with van der Waals surface area (Å²) >= 11 is 1.87. The van der Waals surface area contributed by atoms with Crippen LogP contribution in [0.4, 0.5) is 0 Å². The summed E-state index contributed by atoms with van der Waals surface area (Å²) in [6, 6.07) is 88.6. The Morgan fingerprint density at radius 2 is 0.726 bits per heavy atom. The number of nitrogens with zero attached hydrogens (tertiary/aromatic N) is 4. The van der Waals surface area contributed by atoms with Gasteiger partial charge in [-0.1, -0.05) is 176 Å². The summed E-state index contributed by atoms with van der Waals surface area (Å²) in [5.41, 5.74) is 11.9. The lowest BCUT2D eigenvalue weighted by Crippen LogP contribution is -2.04. The van der Waals surface area contributed by atoms with Crippen LogP contribution < -0.4 is 0 Å². The topological polar surface area (TPSA) is 35.6 Å². The quantitative estimate of drug-likeness (QED) is 0.161. The zero-order valence-corrected chi connectivity index (χ0v) is 40.1. The first-order valence-corrected chi connectivity index (χ1v) is 25.7. The summed E-state index contributed by atoms with van der Waals surface area (Å²) in [6.07, 6.45) is 0. The molecular formula is C68H40N4S. The SMILES string of the molecule is c1ccc2c(c1)cc(-c1cc(-c3cc4ccccc4c4ccccc34)nc(-n3c4ccccc4c4cc(-c5ccc6c(c5)c5ccccc5n6-c5cccc6c5sc5ccccc56)ccc43)n1)c1ccccc12. The molecule has 0 saturated carbocycles. The van der Waals surface area contributed by atoms with Crippen molar-refractivity contribution in [2.75, 3.05) is 0 Å². The Balaban J connectivity index is 0.914. The third-order valence-corrected chi connectivity index (χ3v) is 16.5. The highest BCUT2D eigenvalue weighted by Gasteiger charge is 2.22. The average Bonchev–Trinajstić information content (AvgIpc) is 4.12. The van der Waals surface area contributed by atoms with Crippen molar-refractivity contribution in [2.24, 2.45) is 0 Å². The van der Waals surface area contributed by atoms with Crippen LogP contribution in [0.1, 0.15) is 0 Å². The molecule has 4 aromatic heterocycles. The molecule has 0 aliphatic carbocycles. The first-order chi connectivity index (χ1) is 36.2. The van der Waals surface area contributed by atoms with Crippen molar-refractivity contribution in [3.8, 4) is 45.3 Å². The van der Waals surface area contributed by atoms with Gasteiger partial charge in [0.25, 0.3) is 0 Å². The lowest BCUT2D eigenvalue weighted by Gasteiger charge is -2.16. The van der Waals surface area contributed by atoms with Gasteiger partial charge >= 0.3 is 0 Å². The predicted molar refractivity (Wildman–Crippen MR) is 310 cm³/mol. The fourth-order valence-electron chi connectivity index (χ4n) is 12.0. The van der Waals surface area contributed by atoms with Crippen molar-refractivity contribution < 1.29 is 0 Å². The van der Waals surface area contributed by atoms with Gasteiger partial charge in [0.15, 0.2) is 0 Å². The maximum Gasteiger partial charge on any atom is 0.235 e. The standard InChI is InChI=1S/C68H40N4S/c1-3-18-45-43(16-1)38-55(49-22-7-5-20-47(45)49)59-40-60(56-39-44-17-2-4-19-46(44)48-21-6-8-23-50(48)56)70-68(69-59)72-62-29-13-10-25-52(62)58-37-42(33-35-64(58)72)41-32-34-63-57(36-41)51-24-9-12-28-61(51)71(63)65-30-15-27-54-53-26-11-14-31-66(53)73-67(54)65/h1-40H. The lowest BCUT2D eigenvalue weighted by molar-refractivity contribution is 0.997. The van der Waals surface area contributed by atoms with Gasteiger partial charge in [0.1, 0.15) is 0 Å². The highest BCUT2D eigenvalue weighted by atomic mass is 32.1. The Labute approximate surface area is 422 Å². The number of para-hydroxylation sites is 2. The van der Waals surface area contributed by atoms with Crippen LogP contribution in [0.25, 0.3) is 152 Å². The van der Waals surface area contributed by atoms with Crippen molar-refractivity contribution in [2.45, 2.75) is 0 Å². The van der Waals surface area contributed by atoms with E-state index in [1.807, 2.05) is 11.3 Å². The van der Waals surface area contributed by atoms with Crippen LogP contribution in [0.3, 0.4) is 0 Å². The summed E-state index contributed by atoms with van der Waals surface area (Å²) in [6.45, 7) is 0. The summed E-state index contributed by atoms with van der Waals surface area (Å²) in [4.78, 5) is 11.2. The van der Waals surface area contributed by atoms with Crippen LogP contribution in [0.15, 0.2) is 243 Å². The molecule has 0 N–H and O–H groups in total. The van der Waals surface area contributed by atoms with Crippen LogP contribution in [0.2, 0.25) is 0 Å². The maximum atomic E-state index is 5.62. The van der Waals surface area contributed by atoms with Gasteiger partial charge in [-0.2, -0.15) is 0 Å². The molecular weight excluding hydrogens is 905 g/mol. The van der Waals surface area contributed by atoms with E-state index in [0.717, 1.165) is 60.7 Å². The molecule has 4 nitrogen and oxygen atoms in total. The molecule has 0 bridgehead atoms. The van der Waals surface area contributed by atoms with Crippen molar-refractivity contribution >= 4 is 118 Å². The van der Waals surface area contributed by atoms with E-state index in [9.17, 15) is 0 Å².